The van der Waals surface area contributed by atoms with Gasteiger partial charge in [0.25, 0.3) is 0 Å². The normalized spacial score (nSPS) is 22.3. The third kappa shape index (κ3) is 5.14. The van der Waals surface area contributed by atoms with Crippen LogP contribution in [0.2, 0.25) is 0 Å². The van der Waals surface area contributed by atoms with Gasteiger partial charge in [0, 0.05) is 32.5 Å². The molecule has 5 nitrogen and oxygen atoms in total. The molecule has 1 aromatic carbocycles. The average molecular weight is 448 g/mol. The van der Waals surface area contributed by atoms with Crippen molar-refractivity contribution in [1.82, 2.24) is 4.90 Å². The molecule has 2 heterocycles. The maximum absolute atomic E-state index is 12.8. The standard InChI is InChI=1S/C20H20BClNO4PS/c1-28(21)27-20(26)17-14(8-5-9-22)12-29-19-16(18(25)23(17)19)11-15(24)10-13-6-3-2-4-7-13/h2-8,16,19H,9-12H2,1H3/b8-5-/t16-,19?,28?/m1/s1. The molecule has 1 saturated heterocycles. The molecule has 2 radical (unpaired) electrons. The number of alkyl halides is 1. The summed E-state index contributed by atoms with van der Waals surface area (Å²) in [6, 6.07) is 9.45. The molecule has 0 aromatic heterocycles. The third-order valence-electron chi connectivity index (χ3n) is 4.63. The minimum Gasteiger partial charge on any atom is -0.452 e. The van der Waals surface area contributed by atoms with Crippen molar-refractivity contribution >= 4 is 56.6 Å². The molecule has 3 rings (SSSR count). The molecule has 1 amide bonds. The lowest BCUT2D eigenvalue weighted by atomic mass is 9.89. The van der Waals surface area contributed by atoms with Crippen LogP contribution in [0.25, 0.3) is 0 Å². The summed E-state index contributed by atoms with van der Waals surface area (Å²) in [4.78, 5) is 39.4. The number of halogens is 1. The Balaban J connectivity index is 1.74. The highest BCUT2D eigenvalue weighted by Crippen LogP contribution is 2.46. The summed E-state index contributed by atoms with van der Waals surface area (Å²) in [7, 11) is 4.25. The number of Topliss-reactive ketones (excluding diaryl/α,β-unsaturated/α-hetero) is 1. The maximum Gasteiger partial charge on any atom is 0.357 e. The predicted molar refractivity (Wildman–Crippen MR) is 118 cm³/mol. The molecule has 0 aliphatic carbocycles. The van der Waals surface area contributed by atoms with E-state index in [1.165, 1.54) is 16.7 Å². The molecule has 0 bridgehead atoms. The smallest absolute Gasteiger partial charge is 0.357 e. The number of allylic oxidation sites excluding steroid dienone is 2. The van der Waals surface area contributed by atoms with Crippen molar-refractivity contribution in [3.05, 3.63) is 59.3 Å². The fourth-order valence-electron chi connectivity index (χ4n) is 3.40. The Morgan fingerprint density at radius 1 is 1.38 bits per heavy atom. The van der Waals surface area contributed by atoms with Crippen LogP contribution in [-0.4, -0.2) is 53.8 Å². The van der Waals surface area contributed by atoms with Crippen molar-refractivity contribution in [2.45, 2.75) is 18.2 Å². The lowest BCUT2D eigenvalue weighted by molar-refractivity contribution is -0.153. The van der Waals surface area contributed by atoms with E-state index in [1.807, 2.05) is 30.3 Å². The van der Waals surface area contributed by atoms with Gasteiger partial charge in [0.15, 0.2) is 7.57 Å². The van der Waals surface area contributed by atoms with E-state index in [9.17, 15) is 14.4 Å². The number of fused-ring (bicyclic) bond motifs is 1. The van der Waals surface area contributed by atoms with E-state index < -0.39 is 19.9 Å². The molecule has 2 aliphatic heterocycles. The zero-order chi connectivity index (χ0) is 21.0. The van der Waals surface area contributed by atoms with Crippen molar-refractivity contribution in [1.29, 1.82) is 0 Å². The van der Waals surface area contributed by atoms with Crippen LogP contribution in [0.5, 0.6) is 0 Å². The first kappa shape index (κ1) is 22.1. The van der Waals surface area contributed by atoms with E-state index in [0.717, 1.165) is 5.56 Å². The molecule has 3 atom stereocenters. The van der Waals surface area contributed by atoms with Gasteiger partial charge >= 0.3 is 5.97 Å². The van der Waals surface area contributed by atoms with Crippen LogP contribution in [0, 0.1) is 5.92 Å². The van der Waals surface area contributed by atoms with Crippen LogP contribution in [0.4, 0.5) is 0 Å². The predicted octanol–water partition coefficient (Wildman–Crippen LogP) is 3.42. The fourth-order valence-corrected chi connectivity index (χ4v) is 5.22. The number of amides is 1. The summed E-state index contributed by atoms with van der Waals surface area (Å²) in [5.41, 5.74) is 1.82. The van der Waals surface area contributed by atoms with Crippen LogP contribution in [0.1, 0.15) is 12.0 Å². The molecule has 0 saturated carbocycles. The number of rotatable bonds is 8. The number of ketones is 1. The molecular weight excluding hydrogens is 428 g/mol. The Hall–Kier alpha value is -1.56. The first-order valence-electron chi connectivity index (χ1n) is 9.09. The molecular formula is C20H20BClNO4PS. The summed E-state index contributed by atoms with van der Waals surface area (Å²) in [6.45, 7) is 1.61. The lowest BCUT2D eigenvalue weighted by Crippen LogP contribution is -2.61. The summed E-state index contributed by atoms with van der Waals surface area (Å²) < 4.78 is 5.21. The number of nitrogens with zero attached hydrogens (tertiary/aromatic N) is 1. The van der Waals surface area contributed by atoms with Gasteiger partial charge in [0.05, 0.1) is 11.3 Å². The number of benzene rings is 1. The molecule has 29 heavy (non-hydrogen) atoms. The Morgan fingerprint density at radius 3 is 2.76 bits per heavy atom. The summed E-state index contributed by atoms with van der Waals surface area (Å²) in [5, 5.41) is -0.251. The van der Waals surface area contributed by atoms with E-state index >= 15 is 0 Å². The third-order valence-corrected chi connectivity index (χ3v) is 6.62. The molecule has 0 N–H and O–H groups in total. The second-order valence-electron chi connectivity index (χ2n) is 6.78. The number of carbonyl (C=O) groups is 3. The lowest BCUT2D eigenvalue weighted by Gasteiger charge is -2.49. The Bertz CT molecular complexity index is 861. The van der Waals surface area contributed by atoms with Crippen LogP contribution in [0.15, 0.2) is 53.8 Å². The number of hydrogen-bond donors (Lipinski definition) is 0. The second-order valence-corrected chi connectivity index (χ2v) is 9.47. The van der Waals surface area contributed by atoms with Crippen molar-refractivity contribution in [3.8, 4) is 0 Å². The first-order chi connectivity index (χ1) is 13.9. The highest BCUT2D eigenvalue weighted by Gasteiger charge is 2.53. The molecule has 150 valence electrons. The van der Waals surface area contributed by atoms with Crippen molar-refractivity contribution in [2.24, 2.45) is 5.92 Å². The zero-order valence-electron chi connectivity index (χ0n) is 15.9. The quantitative estimate of drug-likeness (QED) is 0.264. The van der Waals surface area contributed by atoms with Gasteiger partial charge in [-0.1, -0.05) is 42.5 Å². The van der Waals surface area contributed by atoms with Gasteiger partial charge in [-0.15, -0.1) is 23.4 Å². The topological polar surface area (TPSA) is 63.7 Å². The minimum atomic E-state index is -1.41. The fraction of sp³-hybridized carbons (Fsp3) is 0.350. The van der Waals surface area contributed by atoms with Crippen molar-refractivity contribution in [3.63, 3.8) is 0 Å². The maximum atomic E-state index is 12.8. The average Bonchev–Trinajstić information content (AvgIpc) is 2.69. The molecule has 1 aromatic rings. The molecule has 1 fully saturated rings. The SMILES string of the molecule is [B]P(C)OC(=O)C1=C(/C=C\CCl)CSC2[C@H](CC(=O)Cc3ccccc3)C(=O)N12. The van der Waals surface area contributed by atoms with Gasteiger partial charge in [-0.25, -0.2) is 4.79 Å². The summed E-state index contributed by atoms with van der Waals surface area (Å²) >= 11 is 7.26. The monoisotopic (exact) mass is 447 g/mol. The minimum absolute atomic E-state index is 0.00905. The van der Waals surface area contributed by atoms with Crippen LogP contribution in [-0.2, 0) is 25.3 Å². The molecule has 2 unspecified atom stereocenters. The summed E-state index contributed by atoms with van der Waals surface area (Å²) in [6.07, 6.45) is 3.91. The summed E-state index contributed by atoms with van der Waals surface area (Å²) in [5.74, 6) is -0.440. The van der Waals surface area contributed by atoms with E-state index in [2.05, 4.69) is 0 Å². The highest BCUT2D eigenvalue weighted by molar-refractivity contribution is 8.00. The Morgan fingerprint density at radius 2 is 2.10 bits per heavy atom. The van der Waals surface area contributed by atoms with Crippen molar-refractivity contribution in [2.75, 3.05) is 18.3 Å². The Labute approximate surface area is 182 Å². The second kappa shape index (κ2) is 9.97. The molecule has 0 spiro atoms. The zero-order valence-corrected chi connectivity index (χ0v) is 18.4. The molecule has 2 aliphatic rings. The van der Waals surface area contributed by atoms with Crippen LogP contribution >= 0.6 is 31.4 Å². The van der Waals surface area contributed by atoms with E-state index in [1.54, 1.807) is 18.8 Å². The largest absolute Gasteiger partial charge is 0.452 e. The highest BCUT2D eigenvalue weighted by atomic mass is 35.5. The number of hydrogen-bond acceptors (Lipinski definition) is 5. The van der Waals surface area contributed by atoms with Gasteiger partial charge in [-0.3, -0.25) is 14.5 Å². The van der Waals surface area contributed by atoms with E-state index in [-0.39, 0.29) is 29.2 Å². The van der Waals surface area contributed by atoms with Gasteiger partial charge in [-0.2, -0.15) is 0 Å². The van der Waals surface area contributed by atoms with Gasteiger partial charge in [-0.05, 0) is 17.8 Å². The number of thioether (sulfide) groups is 1. The number of β-lactam (4-membered cyclic amide) rings is 1. The Kier molecular flexibility index (Phi) is 7.61. The van der Waals surface area contributed by atoms with Crippen LogP contribution in [0.3, 0.4) is 0 Å². The van der Waals surface area contributed by atoms with Gasteiger partial charge < -0.3 is 4.52 Å². The van der Waals surface area contributed by atoms with Gasteiger partial charge in [0.2, 0.25) is 5.91 Å². The van der Waals surface area contributed by atoms with Crippen molar-refractivity contribution < 1.29 is 18.9 Å². The van der Waals surface area contributed by atoms with Crippen LogP contribution < -0.4 is 0 Å². The first-order valence-corrected chi connectivity index (χ1v) is 12.4. The number of carbonyl (C=O) groups excluding carboxylic acids is 3. The van der Waals surface area contributed by atoms with E-state index in [4.69, 9.17) is 23.7 Å². The molecule has 9 heteroatoms. The van der Waals surface area contributed by atoms with E-state index in [0.29, 0.717) is 23.6 Å². The van der Waals surface area contributed by atoms with Gasteiger partial charge in [0.1, 0.15) is 11.5 Å².